The van der Waals surface area contributed by atoms with E-state index >= 15 is 0 Å². The van der Waals surface area contributed by atoms with E-state index in [1.165, 1.54) is 0 Å². The minimum absolute atomic E-state index is 0.528. The Morgan fingerprint density at radius 2 is 0.500 bits per heavy atom. The summed E-state index contributed by atoms with van der Waals surface area (Å²) in [4.78, 5) is 18.1. The Hall–Kier alpha value is -4.05. The van der Waals surface area contributed by atoms with Crippen LogP contribution in [0, 0.1) is 7.14 Å². The molecule has 8 aromatic rings. The molecule has 0 saturated carbocycles. The third-order valence-corrected chi connectivity index (χ3v) is 8.27. The van der Waals surface area contributed by atoms with Gasteiger partial charge >= 0.3 is 14.2 Å². The van der Waals surface area contributed by atoms with Gasteiger partial charge in [0.25, 0.3) is 0 Å². The van der Waals surface area contributed by atoms with Crippen LogP contribution in [-0.2, 0) is 0 Å². The van der Waals surface area contributed by atoms with Crippen molar-refractivity contribution in [2.45, 2.75) is 0 Å². The summed E-state index contributed by atoms with van der Waals surface area (Å²) in [6.07, 6.45) is 0. The van der Waals surface area contributed by atoms with Crippen LogP contribution in [0.3, 0.4) is 0 Å². The molecule has 0 unspecified atom stereocenters. The van der Waals surface area contributed by atoms with E-state index in [-0.39, 0.29) is 0 Å². The molecule has 0 aliphatic rings. The average Bonchev–Trinajstić information content (AvgIpc) is 3.11. The molecule has 0 atom stereocenters. The molecule has 0 fully saturated rings. The predicted molar refractivity (Wildman–Crippen MR) is 212 cm³/mol. The third-order valence-electron chi connectivity index (χ3n) is 6.83. The first-order valence-corrected chi connectivity index (χ1v) is 16.9. The summed E-state index contributed by atoms with van der Waals surface area (Å²) in [6.45, 7) is 0. The number of hydrogen-bond acceptors (Lipinski definition) is 8. The lowest BCUT2D eigenvalue weighted by molar-refractivity contribution is 0.424. The Balaban J connectivity index is 0.000000127. The van der Waals surface area contributed by atoms with E-state index in [0.717, 1.165) is 51.3 Å². The van der Waals surface area contributed by atoms with Gasteiger partial charge in [0.2, 0.25) is 0 Å². The highest BCUT2D eigenvalue weighted by Gasteiger charge is 2.09. The fourth-order valence-corrected chi connectivity index (χ4v) is 5.12. The second-order valence-electron chi connectivity index (χ2n) is 10.3. The molecule has 2 aromatic heterocycles. The summed E-state index contributed by atoms with van der Waals surface area (Å²) >= 11 is 4.31. The van der Waals surface area contributed by atoms with Crippen LogP contribution in [0.4, 0.5) is 0 Å². The van der Waals surface area contributed by atoms with E-state index in [2.05, 4.69) is 65.1 Å². The van der Waals surface area contributed by atoms with Gasteiger partial charge in [0.1, 0.15) is 0 Å². The molecule has 4 N–H and O–H groups in total. The van der Waals surface area contributed by atoms with Crippen molar-refractivity contribution in [1.29, 1.82) is 0 Å². The molecule has 0 bridgehead atoms. The number of rotatable bonds is 2. The van der Waals surface area contributed by atoms with Crippen LogP contribution in [0.5, 0.6) is 0 Å². The number of benzene rings is 6. The molecular formula is C36H28B2I2N4O4. The van der Waals surface area contributed by atoms with Crippen LogP contribution in [0.1, 0.15) is 0 Å². The lowest BCUT2D eigenvalue weighted by Gasteiger charge is -1.98. The number of halogens is 2. The topological polar surface area (TPSA) is 132 Å². The zero-order valence-electron chi connectivity index (χ0n) is 25.3. The van der Waals surface area contributed by atoms with Gasteiger partial charge in [-0.25, -0.2) is 19.9 Å². The molecule has 6 aromatic carbocycles. The van der Waals surface area contributed by atoms with Crippen molar-refractivity contribution in [2.75, 3.05) is 0 Å². The van der Waals surface area contributed by atoms with Crippen molar-refractivity contribution in [3.63, 3.8) is 0 Å². The molecule has 236 valence electrons. The molecule has 0 aliphatic heterocycles. The Kier molecular flexibility index (Phi) is 12.8. The molecule has 0 spiro atoms. The number of nitrogens with zero attached hydrogens (tertiary/aromatic N) is 4. The Morgan fingerprint density at radius 1 is 0.312 bits per heavy atom. The van der Waals surface area contributed by atoms with Crippen molar-refractivity contribution in [3.05, 3.63) is 153 Å². The Bertz CT molecular complexity index is 1870. The summed E-state index contributed by atoms with van der Waals surface area (Å²) in [5.41, 5.74) is 8.66. The first-order chi connectivity index (χ1) is 23.3. The van der Waals surface area contributed by atoms with Crippen LogP contribution in [-0.4, -0.2) is 54.3 Å². The fourth-order valence-electron chi connectivity index (χ4n) is 4.40. The molecule has 8 nitrogen and oxygen atoms in total. The van der Waals surface area contributed by atoms with Gasteiger partial charge in [-0.15, -0.1) is 0 Å². The van der Waals surface area contributed by atoms with Gasteiger partial charge < -0.3 is 20.1 Å². The fraction of sp³-hybridized carbons (Fsp3) is 0. The Labute approximate surface area is 305 Å². The minimum Gasteiger partial charge on any atom is -0.423 e. The van der Waals surface area contributed by atoms with Gasteiger partial charge in [0.15, 0.2) is 0 Å². The van der Waals surface area contributed by atoms with E-state index in [9.17, 15) is 0 Å². The number of aromatic nitrogens is 4. The number of fused-ring (bicyclic) bond motifs is 4. The van der Waals surface area contributed by atoms with Crippen molar-refractivity contribution in [3.8, 4) is 0 Å². The number of para-hydroxylation sites is 8. The molecule has 0 saturated heterocycles. The summed E-state index contributed by atoms with van der Waals surface area (Å²) in [6, 6.07) is 45.7. The van der Waals surface area contributed by atoms with Crippen molar-refractivity contribution in [2.24, 2.45) is 0 Å². The molecule has 8 rings (SSSR count). The summed E-state index contributed by atoms with van der Waals surface area (Å²) < 4.78 is 2.17. The molecule has 0 radical (unpaired) electrons. The quantitative estimate of drug-likeness (QED) is 0.102. The van der Waals surface area contributed by atoms with Gasteiger partial charge in [-0.3, -0.25) is 0 Å². The second kappa shape index (κ2) is 17.4. The van der Waals surface area contributed by atoms with Gasteiger partial charge in [0, 0.05) is 7.14 Å². The van der Waals surface area contributed by atoms with Gasteiger partial charge in [0.05, 0.1) is 44.1 Å². The lowest BCUT2D eigenvalue weighted by atomic mass is 9.81. The molecule has 2 heterocycles. The zero-order chi connectivity index (χ0) is 33.9. The highest BCUT2D eigenvalue weighted by Crippen LogP contribution is 2.16. The SMILES string of the molecule is OB(O)c1ccc(I)cc1.OB(O)c1ccc(I)cc1.c1ccc2nc3ccccc3nc2c1.c1ccc2nc3ccccc3nc2c1. The van der Waals surface area contributed by atoms with E-state index in [1.54, 1.807) is 24.3 Å². The maximum Gasteiger partial charge on any atom is 0.488 e. The lowest BCUT2D eigenvalue weighted by Crippen LogP contribution is -2.29. The average molecular weight is 856 g/mol. The van der Waals surface area contributed by atoms with Gasteiger partial charge in [-0.2, -0.15) is 0 Å². The monoisotopic (exact) mass is 856 g/mol. The summed E-state index contributed by atoms with van der Waals surface area (Å²) in [7, 11) is -2.70. The molecule has 0 aliphatic carbocycles. The molecule has 0 amide bonds. The van der Waals surface area contributed by atoms with Crippen molar-refractivity contribution >= 4 is 114 Å². The Morgan fingerprint density at radius 3 is 0.667 bits per heavy atom. The second-order valence-corrected chi connectivity index (χ2v) is 12.7. The first kappa shape index (κ1) is 35.3. The maximum atomic E-state index is 8.67. The molecular weight excluding hydrogens is 828 g/mol. The molecule has 48 heavy (non-hydrogen) atoms. The van der Waals surface area contributed by atoms with Crippen LogP contribution >= 0.6 is 45.2 Å². The van der Waals surface area contributed by atoms with Crippen LogP contribution in [0.15, 0.2) is 146 Å². The third kappa shape index (κ3) is 9.98. The van der Waals surface area contributed by atoms with Crippen LogP contribution in [0.2, 0.25) is 0 Å². The van der Waals surface area contributed by atoms with Crippen molar-refractivity contribution in [1.82, 2.24) is 19.9 Å². The highest BCUT2D eigenvalue weighted by molar-refractivity contribution is 14.1. The predicted octanol–water partition coefficient (Wildman–Crippen LogP) is 5.51. The maximum absolute atomic E-state index is 8.67. The highest BCUT2D eigenvalue weighted by atomic mass is 127. The normalized spacial score (nSPS) is 10.3. The van der Waals surface area contributed by atoms with E-state index in [1.807, 2.05) is 121 Å². The summed E-state index contributed by atoms with van der Waals surface area (Å²) in [5.74, 6) is 0. The first-order valence-electron chi connectivity index (χ1n) is 14.7. The van der Waals surface area contributed by atoms with Gasteiger partial charge in [-0.1, -0.05) is 72.8 Å². The number of hydrogen-bond donors (Lipinski definition) is 4. The zero-order valence-corrected chi connectivity index (χ0v) is 29.7. The van der Waals surface area contributed by atoms with Crippen LogP contribution < -0.4 is 10.9 Å². The smallest absolute Gasteiger partial charge is 0.423 e. The van der Waals surface area contributed by atoms with E-state index < -0.39 is 14.2 Å². The summed E-state index contributed by atoms with van der Waals surface area (Å²) in [5, 5.41) is 34.7. The standard InChI is InChI=1S/2C12H8N2.2C6H6BIO2/c2*1-2-6-10-9(5-1)13-11-7-3-4-8-12(11)14-10;2*8-6-3-1-5(2-4-6)7(9)10/h2*1-8H;2*1-4,9-10H. The van der Waals surface area contributed by atoms with Crippen LogP contribution in [0.25, 0.3) is 44.1 Å². The van der Waals surface area contributed by atoms with Crippen molar-refractivity contribution < 1.29 is 20.1 Å². The van der Waals surface area contributed by atoms with E-state index in [4.69, 9.17) is 20.1 Å². The molecule has 12 heteroatoms. The van der Waals surface area contributed by atoms with Gasteiger partial charge in [-0.05, 0) is 129 Å². The largest absolute Gasteiger partial charge is 0.488 e. The van der Waals surface area contributed by atoms with E-state index in [0.29, 0.717) is 10.9 Å². The minimum atomic E-state index is -1.35.